The highest BCUT2D eigenvalue weighted by molar-refractivity contribution is 5.85. The molecule has 16 heavy (non-hydrogen) atoms. The van der Waals surface area contributed by atoms with E-state index >= 15 is 0 Å². The van der Waals surface area contributed by atoms with Gasteiger partial charge in [0.15, 0.2) is 0 Å². The Morgan fingerprint density at radius 2 is 2.31 bits per heavy atom. The van der Waals surface area contributed by atoms with Crippen LogP contribution in [0.2, 0.25) is 0 Å². The molecule has 0 aliphatic heterocycles. The standard InChI is InChI=1S/C11H20N2O2.ClH/c1-3-7-13(10-4-5-10)11(14)9-12-6-8-15-2;/h3,10,12H,1,4-9H2,2H3;1H. The molecule has 94 valence electrons. The second kappa shape index (κ2) is 8.56. The highest BCUT2D eigenvalue weighted by Crippen LogP contribution is 2.26. The Bertz CT molecular complexity index is 220. The number of rotatable bonds is 8. The summed E-state index contributed by atoms with van der Waals surface area (Å²) in [7, 11) is 1.65. The molecule has 1 aliphatic carbocycles. The van der Waals surface area contributed by atoms with Crippen LogP contribution in [0.3, 0.4) is 0 Å². The zero-order chi connectivity index (χ0) is 11.1. The molecule has 0 heterocycles. The van der Waals surface area contributed by atoms with E-state index in [-0.39, 0.29) is 18.3 Å². The van der Waals surface area contributed by atoms with E-state index in [0.717, 1.165) is 19.4 Å². The average molecular weight is 249 g/mol. The number of carbonyl (C=O) groups excluding carboxylic acids is 1. The van der Waals surface area contributed by atoms with Crippen molar-refractivity contribution in [2.24, 2.45) is 0 Å². The van der Waals surface area contributed by atoms with Gasteiger partial charge in [-0.25, -0.2) is 0 Å². The molecule has 1 amide bonds. The molecule has 1 aliphatic rings. The molecule has 0 bridgehead atoms. The molecule has 0 saturated heterocycles. The van der Waals surface area contributed by atoms with Gasteiger partial charge in [0.1, 0.15) is 0 Å². The Kier molecular flexibility index (Phi) is 8.25. The second-order valence-corrected chi connectivity index (χ2v) is 3.74. The van der Waals surface area contributed by atoms with E-state index < -0.39 is 0 Å². The summed E-state index contributed by atoms with van der Waals surface area (Å²) in [6.45, 7) is 6.08. The zero-order valence-electron chi connectivity index (χ0n) is 9.78. The van der Waals surface area contributed by atoms with Gasteiger partial charge in [0.05, 0.1) is 13.2 Å². The topological polar surface area (TPSA) is 41.6 Å². The molecule has 1 fully saturated rings. The first-order chi connectivity index (χ1) is 7.29. The first kappa shape index (κ1) is 15.4. The van der Waals surface area contributed by atoms with Gasteiger partial charge in [0, 0.05) is 26.2 Å². The van der Waals surface area contributed by atoms with Crippen molar-refractivity contribution in [1.29, 1.82) is 0 Å². The van der Waals surface area contributed by atoms with E-state index in [4.69, 9.17) is 4.74 Å². The monoisotopic (exact) mass is 248 g/mol. The number of hydrogen-bond acceptors (Lipinski definition) is 3. The lowest BCUT2D eigenvalue weighted by atomic mass is 10.4. The largest absolute Gasteiger partial charge is 0.383 e. The van der Waals surface area contributed by atoms with Crippen molar-refractivity contribution in [2.75, 3.05) is 33.4 Å². The van der Waals surface area contributed by atoms with Crippen molar-refractivity contribution < 1.29 is 9.53 Å². The smallest absolute Gasteiger partial charge is 0.237 e. The van der Waals surface area contributed by atoms with Crippen molar-refractivity contribution in [3.05, 3.63) is 12.7 Å². The maximum absolute atomic E-state index is 11.8. The third-order valence-electron chi connectivity index (χ3n) is 2.39. The van der Waals surface area contributed by atoms with Gasteiger partial charge in [-0.2, -0.15) is 0 Å². The van der Waals surface area contributed by atoms with Gasteiger partial charge in [-0.3, -0.25) is 4.79 Å². The normalized spacial score (nSPS) is 14.1. The van der Waals surface area contributed by atoms with Gasteiger partial charge in [0.2, 0.25) is 5.91 Å². The Hall–Kier alpha value is -0.580. The number of carbonyl (C=O) groups is 1. The molecular formula is C11H21ClN2O2. The lowest BCUT2D eigenvalue weighted by Gasteiger charge is -2.20. The summed E-state index contributed by atoms with van der Waals surface area (Å²) in [5.41, 5.74) is 0. The number of hydrogen-bond donors (Lipinski definition) is 1. The molecule has 1 N–H and O–H groups in total. The fraction of sp³-hybridized carbons (Fsp3) is 0.727. The number of ether oxygens (including phenoxy) is 1. The maximum Gasteiger partial charge on any atom is 0.237 e. The summed E-state index contributed by atoms with van der Waals surface area (Å²) in [4.78, 5) is 13.6. The van der Waals surface area contributed by atoms with Crippen LogP contribution < -0.4 is 5.32 Å². The van der Waals surface area contributed by atoms with Crippen molar-refractivity contribution in [3.63, 3.8) is 0 Å². The van der Waals surface area contributed by atoms with Crippen molar-refractivity contribution in [3.8, 4) is 0 Å². The summed E-state index contributed by atoms with van der Waals surface area (Å²) in [6, 6.07) is 0.458. The molecule has 5 heteroatoms. The molecule has 0 aromatic heterocycles. The van der Waals surface area contributed by atoms with Crippen LogP contribution in [-0.4, -0.2) is 50.2 Å². The SMILES string of the molecule is C=CCN(C(=O)CNCCOC)C1CC1.Cl. The van der Waals surface area contributed by atoms with Gasteiger partial charge in [-0.15, -0.1) is 19.0 Å². The number of nitrogens with zero attached hydrogens (tertiary/aromatic N) is 1. The molecule has 1 saturated carbocycles. The van der Waals surface area contributed by atoms with Crippen LogP contribution in [0.15, 0.2) is 12.7 Å². The Balaban J connectivity index is 0.00000225. The maximum atomic E-state index is 11.8. The summed E-state index contributed by atoms with van der Waals surface area (Å²) in [5.74, 6) is 0.161. The molecule has 0 unspecified atom stereocenters. The van der Waals surface area contributed by atoms with Crippen LogP contribution in [-0.2, 0) is 9.53 Å². The second-order valence-electron chi connectivity index (χ2n) is 3.74. The van der Waals surface area contributed by atoms with Gasteiger partial charge in [0.25, 0.3) is 0 Å². The number of methoxy groups -OCH3 is 1. The van der Waals surface area contributed by atoms with E-state index in [1.54, 1.807) is 13.2 Å². The fourth-order valence-corrected chi connectivity index (χ4v) is 1.45. The molecule has 0 radical (unpaired) electrons. The van der Waals surface area contributed by atoms with Crippen LogP contribution in [0, 0.1) is 0 Å². The molecule has 4 nitrogen and oxygen atoms in total. The minimum absolute atomic E-state index is 0. The lowest BCUT2D eigenvalue weighted by Crippen LogP contribution is -2.40. The van der Waals surface area contributed by atoms with E-state index in [1.165, 1.54) is 0 Å². The van der Waals surface area contributed by atoms with Crippen LogP contribution >= 0.6 is 12.4 Å². The van der Waals surface area contributed by atoms with Gasteiger partial charge < -0.3 is 15.0 Å². The third-order valence-corrected chi connectivity index (χ3v) is 2.39. The molecule has 0 spiro atoms. The Labute approximate surface area is 103 Å². The lowest BCUT2D eigenvalue weighted by molar-refractivity contribution is -0.130. The van der Waals surface area contributed by atoms with E-state index in [2.05, 4.69) is 11.9 Å². The first-order valence-electron chi connectivity index (χ1n) is 5.39. The quantitative estimate of drug-likeness (QED) is 0.511. The predicted molar refractivity (Wildman–Crippen MR) is 66.9 cm³/mol. The van der Waals surface area contributed by atoms with Crippen molar-refractivity contribution in [1.82, 2.24) is 10.2 Å². The highest BCUT2D eigenvalue weighted by atomic mass is 35.5. The van der Waals surface area contributed by atoms with Gasteiger partial charge in [-0.05, 0) is 12.8 Å². The van der Waals surface area contributed by atoms with Crippen LogP contribution in [0.4, 0.5) is 0 Å². The van der Waals surface area contributed by atoms with Gasteiger partial charge in [-0.1, -0.05) is 6.08 Å². The van der Waals surface area contributed by atoms with E-state index in [9.17, 15) is 4.79 Å². The Morgan fingerprint density at radius 3 is 2.81 bits per heavy atom. The van der Waals surface area contributed by atoms with Crippen molar-refractivity contribution >= 4 is 18.3 Å². The van der Waals surface area contributed by atoms with Crippen LogP contribution in [0.1, 0.15) is 12.8 Å². The fourth-order valence-electron chi connectivity index (χ4n) is 1.45. The molecular weight excluding hydrogens is 228 g/mol. The zero-order valence-corrected chi connectivity index (χ0v) is 10.6. The molecule has 0 aromatic rings. The Morgan fingerprint density at radius 1 is 1.62 bits per heavy atom. The molecule has 1 rings (SSSR count). The van der Waals surface area contributed by atoms with Crippen molar-refractivity contribution in [2.45, 2.75) is 18.9 Å². The minimum atomic E-state index is 0. The summed E-state index contributed by atoms with van der Waals surface area (Å²) in [6.07, 6.45) is 4.06. The number of halogens is 1. The number of amides is 1. The predicted octanol–water partition coefficient (Wildman–Crippen LogP) is 0.821. The minimum Gasteiger partial charge on any atom is -0.383 e. The first-order valence-corrected chi connectivity index (χ1v) is 5.39. The highest BCUT2D eigenvalue weighted by Gasteiger charge is 2.31. The third kappa shape index (κ3) is 5.49. The van der Waals surface area contributed by atoms with Crippen LogP contribution in [0.25, 0.3) is 0 Å². The van der Waals surface area contributed by atoms with E-state index in [1.807, 2.05) is 4.90 Å². The van der Waals surface area contributed by atoms with E-state index in [0.29, 0.717) is 25.7 Å². The summed E-state index contributed by atoms with van der Waals surface area (Å²) in [5, 5.41) is 3.06. The molecule has 0 aromatic carbocycles. The average Bonchev–Trinajstić information content (AvgIpc) is 3.04. The molecule has 0 atom stereocenters. The summed E-state index contributed by atoms with van der Waals surface area (Å²) >= 11 is 0. The summed E-state index contributed by atoms with van der Waals surface area (Å²) < 4.78 is 4.89. The van der Waals surface area contributed by atoms with Gasteiger partial charge >= 0.3 is 0 Å². The number of nitrogens with one attached hydrogen (secondary N) is 1. The van der Waals surface area contributed by atoms with Crippen LogP contribution in [0.5, 0.6) is 0 Å².